The second kappa shape index (κ2) is 74.6. The first-order chi connectivity index (χ1) is 31.9. The molecule has 0 aromatic rings. The van der Waals surface area contributed by atoms with Crippen LogP contribution in [-0.4, -0.2) is 0 Å². The molecule has 64 heavy (non-hydrogen) atoms. The van der Waals surface area contributed by atoms with Gasteiger partial charge in [-0.3, -0.25) is 0 Å². The molecular formula is N6OPtS56. The zero-order valence-corrected chi connectivity index (χ0v) is 74.3. The van der Waals surface area contributed by atoms with Crippen molar-refractivity contribution in [2.75, 3.05) is 0 Å². The molecule has 0 unspecified atom stereocenters. The van der Waals surface area contributed by atoms with Gasteiger partial charge in [0.2, 0.25) is 0 Å². The average Bonchev–Trinajstić information content (AvgIpc) is 3.31. The summed E-state index contributed by atoms with van der Waals surface area (Å²) in [5.74, 6) is 0. The van der Waals surface area contributed by atoms with E-state index in [4.69, 9.17) is 11.2 Å². The van der Waals surface area contributed by atoms with E-state index in [2.05, 4.69) is 29.0 Å². The van der Waals surface area contributed by atoms with Crippen molar-refractivity contribution in [3.63, 3.8) is 0 Å². The Morgan fingerprint density at radius 2 is 0.391 bits per heavy atom. The third kappa shape index (κ3) is 73.6. The second-order valence-electron chi connectivity index (χ2n) is 4.31. The van der Waals surface area contributed by atoms with Crippen molar-refractivity contribution in [2.45, 2.75) is 0 Å². The van der Waals surface area contributed by atoms with Crippen LogP contribution in [-0.2, 0) is 523 Å². The molecule has 0 aromatic carbocycles. The summed E-state index contributed by atoms with van der Waals surface area (Å²) in [6, 6.07) is 0. The minimum Gasteiger partial charge on any atom is 0 e. The smallest absolute Gasteiger partial charge is 0 e. The van der Waals surface area contributed by atoms with E-state index in [1.54, 1.807) is 186 Å². The van der Waals surface area contributed by atoms with Crippen LogP contribution in [0.25, 0.3) is 0 Å². The molecule has 7 nitrogen and oxygen atoms in total. The molecule has 382 valence electrons. The van der Waals surface area contributed by atoms with Crippen molar-refractivity contribution in [3.8, 4) is 0 Å². The van der Waals surface area contributed by atoms with Gasteiger partial charge in [0.25, 0.3) is 0 Å². The maximum atomic E-state index is 10.1. The molecule has 0 spiro atoms. The summed E-state index contributed by atoms with van der Waals surface area (Å²) in [4.78, 5) is 0. The molecule has 0 aromatic heterocycles. The molecule has 64 heteroatoms. The molecule has 0 heterocycles. The van der Waals surface area contributed by atoms with Gasteiger partial charge in [0.05, 0.1) is 0 Å². The first kappa shape index (κ1) is 75.6. The summed E-state index contributed by atoms with van der Waals surface area (Å²) in [6.45, 7) is 0. The average molecular weight is 2090 g/mol. The first-order valence-electron chi connectivity index (χ1n) is 10.6. The summed E-state index contributed by atoms with van der Waals surface area (Å²) in [5.41, 5.74) is 0. The van der Waals surface area contributed by atoms with Crippen LogP contribution >= 0.6 is 0 Å². The molecule has 0 N–H and O–H groups in total. The summed E-state index contributed by atoms with van der Waals surface area (Å²) in [6.07, 6.45) is 0. The standard InChI is InChI=1S/N6S56.O.Pt/c1-2-3-4-5-6-8-10-12-14-16-18-20-22-24-26-28-30-32-34-36-38-40-42-44-46-48-50-52-54-56-58-60-62-61-59-57-55-53-51-49-47-45-43-41-39-37-35-33-31-29-27-25-23-21-19-17-15-13-11-9-7;;/b3-2+,5-4+;;. The summed E-state index contributed by atoms with van der Waals surface area (Å²) in [5, 5.41) is 13.0. The van der Waals surface area contributed by atoms with Crippen molar-refractivity contribution in [2.24, 2.45) is 29.0 Å². The normalized spacial score (nSPS) is 8.44. The monoisotopic (exact) mass is 2090 g/mol. The third-order valence-corrected chi connectivity index (χ3v) is 121. The molecule has 0 bridgehead atoms. The minimum atomic E-state index is -1.52. The molecule has 0 fully saturated rings. The predicted octanol–water partition coefficient (Wildman–Crippen LogP) is 0.846. The van der Waals surface area contributed by atoms with E-state index >= 15 is 0 Å². The van der Waals surface area contributed by atoms with Crippen LogP contribution in [0.1, 0.15) is 0 Å². The zero-order valence-electron chi connectivity index (χ0n) is 26.3. The van der Waals surface area contributed by atoms with Crippen molar-refractivity contribution in [1.29, 1.82) is 0 Å². The van der Waals surface area contributed by atoms with Crippen LogP contribution in [0.3, 0.4) is 0 Å². The third-order valence-electron chi connectivity index (χ3n) is 1.75. The number of hydrogen-bond acceptors (Lipinski definition) is 3. The van der Waals surface area contributed by atoms with Gasteiger partial charge in [0, 0.05) is 446 Å². The second-order valence-corrected chi connectivity index (χ2v) is 101. The SMILES string of the molecule is [O]=[Pt]=[N]/N=N/N=N/N=S=S=S=S=S=S=S=S=S=S=S=S=S=S=S=S=S=S=S=S=S=S=S=S=S=S=S=S=S=S=S=S=S=S=S=S=S=S=S=S=S=S=S=S=S=S=S=S=S=S=S=S=S=S=S=S. The minimum absolute atomic E-state index is 1.18. The topological polar surface area (TPSA) is 91.2 Å². The molecule has 0 aliphatic rings. The Bertz CT molecular complexity index is 4440. The van der Waals surface area contributed by atoms with E-state index < -0.39 is 18.3 Å². The molecule has 0 saturated heterocycles. The van der Waals surface area contributed by atoms with E-state index in [0.717, 1.165) is 0 Å². The molecule has 0 aliphatic heterocycles. The quantitative estimate of drug-likeness (QED) is 0.310. The van der Waals surface area contributed by atoms with Gasteiger partial charge in [-0.1, -0.05) is 0 Å². The predicted molar refractivity (Wildman–Crippen MR) is 428 cm³/mol. The van der Waals surface area contributed by atoms with Gasteiger partial charge in [-0.25, -0.2) is 0 Å². The fourth-order valence-electron chi connectivity index (χ4n) is 0.707. The van der Waals surface area contributed by atoms with Gasteiger partial charge in [-0.05, 0) is 0 Å². The fourth-order valence-corrected chi connectivity index (χ4v) is 145. The Morgan fingerprint density at radius 3 is 0.578 bits per heavy atom. The van der Waals surface area contributed by atoms with Gasteiger partial charge in [-0.15, -0.1) is 0 Å². The van der Waals surface area contributed by atoms with Gasteiger partial charge in [-0.2, -0.15) is 0 Å². The Hall–Kier alpha value is 11.6. The zero-order chi connectivity index (χ0) is 45.8. The fraction of sp³-hybridized carbons (Fsp3) is 0. The van der Waals surface area contributed by atoms with E-state index in [1.807, 2.05) is 275 Å². The van der Waals surface area contributed by atoms with E-state index in [9.17, 15) is 3.40 Å². The number of hydrogen-bond donors (Lipinski definition) is 0. The number of nitrogens with zero attached hydrogens (tertiary/aromatic N) is 6. The molecule has 0 rings (SSSR count). The van der Waals surface area contributed by atoms with Crippen molar-refractivity contribution in [3.05, 3.63) is 0 Å². The molecular weight excluding hydrogens is 2090 g/mol. The molecule has 0 aliphatic carbocycles. The Kier molecular flexibility index (Phi) is 88.1. The summed E-state index contributed by atoms with van der Waals surface area (Å²) < 4.78 is 17.0. The number of rotatable bonds is 3. The van der Waals surface area contributed by atoms with Crippen molar-refractivity contribution < 1.29 is 21.7 Å². The Labute approximate surface area is 535 Å². The van der Waals surface area contributed by atoms with Gasteiger partial charge < -0.3 is 0 Å². The van der Waals surface area contributed by atoms with Crippen LogP contribution in [0.5, 0.6) is 0 Å². The van der Waals surface area contributed by atoms with Gasteiger partial charge in [0.15, 0.2) is 0 Å². The van der Waals surface area contributed by atoms with Crippen LogP contribution in [0.15, 0.2) is 29.0 Å². The first-order valence-corrected chi connectivity index (χ1v) is 86.3. The maximum absolute atomic E-state index is 10.1. The summed E-state index contributed by atoms with van der Waals surface area (Å²) in [7, 11) is 97.2. The van der Waals surface area contributed by atoms with E-state index in [-0.39, 0.29) is 0 Å². The van der Waals surface area contributed by atoms with Gasteiger partial charge >= 0.3 is 105 Å². The van der Waals surface area contributed by atoms with Crippen molar-refractivity contribution >= 4 is 501 Å². The van der Waals surface area contributed by atoms with Gasteiger partial charge in [0.1, 0.15) is 0 Å². The van der Waals surface area contributed by atoms with Crippen LogP contribution < -0.4 is 0 Å². The van der Waals surface area contributed by atoms with Crippen LogP contribution in [0, 0.1) is 0 Å². The Balaban J connectivity index is 6.03. The molecule has 0 amide bonds. The Morgan fingerprint density at radius 1 is 0.219 bits per heavy atom. The van der Waals surface area contributed by atoms with Crippen LogP contribution in [0.2, 0.25) is 0 Å². The van der Waals surface area contributed by atoms with E-state index in [0.29, 0.717) is 0 Å². The molecule has 0 atom stereocenters. The summed E-state index contributed by atoms with van der Waals surface area (Å²) >= 11 is 3.30. The molecule has 0 saturated carbocycles. The van der Waals surface area contributed by atoms with Crippen molar-refractivity contribution in [1.82, 2.24) is 0 Å². The molecule has 0 radical (unpaired) electrons. The van der Waals surface area contributed by atoms with Crippen LogP contribution in [0.4, 0.5) is 0 Å². The van der Waals surface area contributed by atoms with E-state index in [1.165, 1.54) is 27.9 Å².